The fraction of sp³-hybridized carbons (Fsp3) is 0.321. The number of thiophene rings is 1. The summed E-state index contributed by atoms with van der Waals surface area (Å²) in [6.07, 6.45) is 6.49. The number of hydrogen-bond donors (Lipinski definition) is 2. The van der Waals surface area contributed by atoms with Crippen LogP contribution in [0.4, 0.5) is 14.9 Å². The van der Waals surface area contributed by atoms with Gasteiger partial charge in [-0.3, -0.25) is 14.9 Å². The monoisotopic (exact) mass is 533 g/mol. The van der Waals surface area contributed by atoms with E-state index in [1.807, 2.05) is 18.3 Å². The summed E-state index contributed by atoms with van der Waals surface area (Å²) in [7, 11) is 0. The number of halogens is 1. The molecule has 0 spiro atoms. The van der Waals surface area contributed by atoms with Gasteiger partial charge in [-0.05, 0) is 49.1 Å². The number of hydrogen-bond acceptors (Lipinski definition) is 7. The Hall–Kier alpha value is -3.60. The van der Waals surface area contributed by atoms with Crippen molar-refractivity contribution in [2.45, 2.75) is 25.3 Å². The van der Waals surface area contributed by atoms with Crippen LogP contribution in [0.3, 0.4) is 0 Å². The number of morpholine rings is 1. The second-order valence-corrected chi connectivity index (χ2v) is 10.6. The second-order valence-electron chi connectivity index (χ2n) is 9.51. The highest BCUT2D eigenvalue weighted by atomic mass is 32.1. The Balaban J connectivity index is 1.14. The van der Waals surface area contributed by atoms with Crippen molar-refractivity contribution in [3.63, 3.8) is 0 Å². The molecule has 2 N–H and O–H groups in total. The smallest absolute Gasteiger partial charge is 0.319 e. The maximum atomic E-state index is 14.8. The number of nitrogens with one attached hydrogen (secondary N) is 2. The van der Waals surface area contributed by atoms with Gasteiger partial charge in [-0.15, -0.1) is 11.3 Å². The van der Waals surface area contributed by atoms with Crippen LogP contribution < -0.4 is 15.4 Å². The lowest BCUT2D eigenvalue weighted by atomic mass is 10.1. The number of aromatic nitrogens is 2. The Bertz CT molecular complexity index is 1430. The predicted molar refractivity (Wildman–Crippen MR) is 145 cm³/mol. The topological polar surface area (TPSA) is 88.6 Å². The largest absolute Gasteiger partial charge is 0.453 e. The molecular weight excluding hydrogens is 505 g/mol. The van der Waals surface area contributed by atoms with Gasteiger partial charge in [0.2, 0.25) is 0 Å². The molecule has 6 rings (SSSR count). The van der Waals surface area contributed by atoms with Gasteiger partial charge >= 0.3 is 6.03 Å². The zero-order chi connectivity index (χ0) is 25.9. The number of rotatable bonds is 8. The van der Waals surface area contributed by atoms with Crippen molar-refractivity contribution in [2.75, 3.05) is 38.2 Å². The third kappa shape index (κ3) is 5.93. The van der Waals surface area contributed by atoms with Crippen LogP contribution in [0.2, 0.25) is 0 Å². The van der Waals surface area contributed by atoms with E-state index in [9.17, 15) is 9.18 Å². The summed E-state index contributed by atoms with van der Waals surface area (Å²) >= 11 is 1.51. The number of carbonyl (C=O) groups excluding carboxylic acids is 1. The molecule has 1 saturated carbocycles. The number of urea groups is 1. The van der Waals surface area contributed by atoms with Crippen LogP contribution in [0.5, 0.6) is 11.5 Å². The molecule has 2 amide bonds. The summed E-state index contributed by atoms with van der Waals surface area (Å²) in [5.41, 5.74) is 3.18. The van der Waals surface area contributed by atoms with Crippen LogP contribution in [0.25, 0.3) is 20.8 Å². The van der Waals surface area contributed by atoms with Crippen molar-refractivity contribution in [1.29, 1.82) is 0 Å². The predicted octanol–water partition coefficient (Wildman–Crippen LogP) is 5.45. The van der Waals surface area contributed by atoms with E-state index < -0.39 is 5.82 Å². The molecule has 10 heteroatoms. The Morgan fingerprint density at radius 1 is 1.11 bits per heavy atom. The summed E-state index contributed by atoms with van der Waals surface area (Å²) < 4.78 is 27.0. The van der Waals surface area contributed by atoms with Crippen molar-refractivity contribution in [3.05, 3.63) is 66.2 Å². The lowest BCUT2D eigenvalue weighted by Gasteiger charge is -2.26. The highest BCUT2D eigenvalue weighted by molar-refractivity contribution is 7.22. The fourth-order valence-corrected chi connectivity index (χ4v) is 5.35. The van der Waals surface area contributed by atoms with Crippen LogP contribution >= 0.6 is 11.3 Å². The van der Waals surface area contributed by atoms with Gasteiger partial charge in [0.1, 0.15) is 5.75 Å². The molecule has 4 heterocycles. The molecule has 2 fully saturated rings. The van der Waals surface area contributed by atoms with Gasteiger partial charge in [0.05, 0.1) is 34.0 Å². The SMILES string of the molecule is O=C(Nc1ccc(Oc2ccnc3cc(-c4ccc(CCN5CCOCC5)cn4)sc23)c(F)c1)NC1CC1. The molecule has 4 aromatic rings. The molecule has 196 valence electrons. The summed E-state index contributed by atoms with van der Waals surface area (Å²) in [6.45, 7) is 4.56. The van der Waals surface area contributed by atoms with E-state index in [1.165, 1.54) is 29.0 Å². The normalized spacial score (nSPS) is 15.9. The van der Waals surface area contributed by atoms with Gasteiger partial charge in [0, 0.05) is 55.9 Å². The van der Waals surface area contributed by atoms with Crippen LogP contribution in [0.15, 0.2) is 54.9 Å². The first kappa shape index (κ1) is 24.7. The first-order chi connectivity index (χ1) is 18.6. The third-order valence-electron chi connectivity index (χ3n) is 6.60. The number of ether oxygens (including phenoxy) is 2. The number of anilines is 1. The molecule has 38 heavy (non-hydrogen) atoms. The van der Waals surface area contributed by atoms with Gasteiger partial charge < -0.3 is 20.1 Å². The van der Waals surface area contributed by atoms with Crippen molar-refractivity contribution >= 4 is 33.3 Å². The first-order valence-electron chi connectivity index (χ1n) is 12.8. The van der Waals surface area contributed by atoms with E-state index in [1.54, 1.807) is 18.3 Å². The molecule has 1 aliphatic heterocycles. The zero-order valence-electron chi connectivity index (χ0n) is 20.8. The molecule has 0 unspecified atom stereocenters. The van der Waals surface area contributed by atoms with E-state index in [4.69, 9.17) is 9.47 Å². The standard InChI is InChI=1S/C28H28FN5O3S/c29-21-15-20(33-28(35)32-19-2-3-19)4-6-24(21)37-25-7-9-30-23-16-26(38-27(23)25)22-5-1-18(17-31-22)8-10-34-11-13-36-14-12-34/h1,4-7,9,15-17,19H,2-3,8,10-14H2,(H2,32,33,35). The fourth-order valence-electron chi connectivity index (χ4n) is 4.31. The molecule has 0 atom stereocenters. The number of amides is 2. The summed E-state index contributed by atoms with van der Waals surface area (Å²) in [5.74, 6) is 0.0214. The number of carbonyl (C=O) groups is 1. The molecule has 0 radical (unpaired) electrons. The van der Waals surface area contributed by atoms with Gasteiger partial charge in [0.25, 0.3) is 0 Å². The minimum atomic E-state index is -0.565. The zero-order valence-corrected chi connectivity index (χ0v) is 21.6. The average molecular weight is 534 g/mol. The maximum Gasteiger partial charge on any atom is 0.319 e. The van der Waals surface area contributed by atoms with E-state index in [0.29, 0.717) is 11.4 Å². The Kier molecular flexibility index (Phi) is 7.17. The minimum Gasteiger partial charge on any atom is -0.453 e. The van der Waals surface area contributed by atoms with Crippen molar-refractivity contribution in [1.82, 2.24) is 20.2 Å². The molecule has 1 aliphatic carbocycles. The Morgan fingerprint density at radius 2 is 1.97 bits per heavy atom. The van der Waals surface area contributed by atoms with Crippen molar-refractivity contribution < 1.29 is 18.7 Å². The van der Waals surface area contributed by atoms with Gasteiger partial charge in [0.15, 0.2) is 11.6 Å². The Morgan fingerprint density at radius 3 is 2.74 bits per heavy atom. The molecule has 3 aromatic heterocycles. The van der Waals surface area contributed by atoms with E-state index >= 15 is 0 Å². The van der Waals surface area contributed by atoms with Crippen LogP contribution in [0.1, 0.15) is 18.4 Å². The van der Waals surface area contributed by atoms with Crippen molar-refractivity contribution in [2.24, 2.45) is 0 Å². The van der Waals surface area contributed by atoms with E-state index in [0.717, 1.165) is 72.9 Å². The molecule has 1 aromatic carbocycles. The highest BCUT2D eigenvalue weighted by Gasteiger charge is 2.23. The van der Waals surface area contributed by atoms with Crippen LogP contribution in [0, 0.1) is 5.82 Å². The summed E-state index contributed by atoms with van der Waals surface area (Å²) in [4.78, 5) is 24.5. The minimum absolute atomic E-state index is 0.0725. The number of fused-ring (bicyclic) bond motifs is 1. The molecule has 2 aliphatic rings. The molecular formula is C28H28FN5O3S. The Labute approximate surface area is 223 Å². The average Bonchev–Trinajstić information content (AvgIpc) is 3.63. The molecule has 1 saturated heterocycles. The number of pyridine rings is 2. The van der Waals surface area contributed by atoms with Crippen LogP contribution in [-0.4, -0.2) is 59.8 Å². The van der Waals surface area contributed by atoms with Crippen molar-refractivity contribution in [3.8, 4) is 22.1 Å². The lowest BCUT2D eigenvalue weighted by molar-refractivity contribution is 0.0384. The quantitative estimate of drug-likeness (QED) is 0.313. The molecule has 8 nitrogen and oxygen atoms in total. The third-order valence-corrected chi connectivity index (χ3v) is 7.76. The van der Waals surface area contributed by atoms with Gasteiger partial charge in [-0.1, -0.05) is 6.07 Å². The summed E-state index contributed by atoms with van der Waals surface area (Å²) in [6, 6.07) is 12.1. The van der Waals surface area contributed by atoms with Gasteiger partial charge in [-0.2, -0.15) is 0 Å². The second kappa shape index (κ2) is 11.0. The van der Waals surface area contributed by atoms with Gasteiger partial charge in [-0.25, -0.2) is 9.18 Å². The van der Waals surface area contributed by atoms with E-state index in [-0.39, 0.29) is 17.8 Å². The highest BCUT2D eigenvalue weighted by Crippen LogP contribution is 2.39. The van der Waals surface area contributed by atoms with Crippen LogP contribution in [-0.2, 0) is 11.2 Å². The number of benzene rings is 1. The lowest BCUT2D eigenvalue weighted by Crippen LogP contribution is -2.37. The molecule has 0 bridgehead atoms. The maximum absolute atomic E-state index is 14.8. The number of nitrogens with zero attached hydrogens (tertiary/aromatic N) is 3. The first-order valence-corrected chi connectivity index (χ1v) is 13.6. The van der Waals surface area contributed by atoms with E-state index in [2.05, 4.69) is 31.6 Å². The summed E-state index contributed by atoms with van der Waals surface area (Å²) in [5, 5.41) is 5.47.